The first-order valence-corrected chi connectivity index (χ1v) is 8.20. The fraction of sp³-hybridized carbons (Fsp3) is 0.150. The van der Waals surface area contributed by atoms with Gasteiger partial charge in [0.2, 0.25) is 0 Å². The summed E-state index contributed by atoms with van der Waals surface area (Å²) in [5, 5.41) is 13.4. The number of aromatic nitrogens is 1. The van der Waals surface area contributed by atoms with Crippen LogP contribution in [0.1, 0.15) is 26.3 Å². The lowest BCUT2D eigenvalue weighted by molar-refractivity contribution is 0.0598. The number of benzene rings is 2. The van der Waals surface area contributed by atoms with Crippen LogP contribution < -0.4 is 10.9 Å². The van der Waals surface area contributed by atoms with Crippen molar-refractivity contribution < 1.29 is 19.4 Å². The number of nitrogens with one attached hydrogen (secondary N) is 1. The van der Waals surface area contributed by atoms with Gasteiger partial charge in [0.15, 0.2) is 0 Å². The number of carbonyl (C=O) groups is 2. The number of aryl methyl sites for hydroxylation is 1. The first-order chi connectivity index (χ1) is 13.0. The van der Waals surface area contributed by atoms with E-state index in [1.165, 1.54) is 18.7 Å². The Labute approximate surface area is 154 Å². The van der Waals surface area contributed by atoms with Crippen LogP contribution in [0.15, 0.2) is 53.3 Å². The quantitative estimate of drug-likeness (QED) is 0.688. The van der Waals surface area contributed by atoms with E-state index in [0.29, 0.717) is 22.0 Å². The Hall–Kier alpha value is -3.61. The van der Waals surface area contributed by atoms with E-state index in [0.717, 1.165) is 0 Å². The highest BCUT2D eigenvalue weighted by Gasteiger charge is 2.21. The summed E-state index contributed by atoms with van der Waals surface area (Å²) >= 11 is 0. The SMILES string of the molecule is COC(=O)c1ccccc1CNC(=O)c1c(O)c2ccccc2n(C)c1=O. The van der Waals surface area contributed by atoms with Gasteiger partial charge in [0.05, 0.1) is 18.2 Å². The Morgan fingerprint density at radius 2 is 1.78 bits per heavy atom. The van der Waals surface area contributed by atoms with Gasteiger partial charge in [0, 0.05) is 19.0 Å². The molecule has 27 heavy (non-hydrogen) atoms. The minimum absolute atomic E-state index is 0.000468. The standard InChI is InChI=1S/C20H18N2O5/c1-22-15-10-6-5-9-14(15)17(23)16(19(22)25)18(24)21-11-12-7-3-4-8-13(12)20(26)27-2/h3-10,23H,11H2,1-2H3,(H,21,24). The second-order valence-corrected chi connectivity index (χ2v) is 5.94. The summed E-state index contributed by atoms with van der Waals surface area (Å²) in [5.74, 6) is -1.62. The Bertz CT molecular complexity index is 1100. The second kappa shape index (κ2) is 7.33. The molecule has 7 nitrogen and oxygen atoms in total. The predicted octanol–water partition coefficient (Wildman–Crippen LogP) is 1.96. The minimum atomic E-state index is -0.724. The molecular weight excluding hydrogens is 348 g/mol. The van der Waals surface area contributed by atoms with Crippen molar-refractivity contribution in [2.45, 2.75) is 6.54 Å². The molecule has 0 saturated heterocycles. The zero-order valence-electron chi connectivity index (χ0n) is 14.9. The molecule has 0 aliphatic carbocycles. The van der Waals surface area contributed by atoms with E-state index in [1.807, 2.05) is 0 Å². The number of hydrogen-bond acceptors (Lipinski definition) is 5. The van der Waals surface area contributed by atoms with Gasteiger partial charge in [-0.3, -0.25) is 9.59 Å². The largest absolute Gasteiger partial charge is 0.506 e. The van der Waals surface area contributed by atoms with Crippen molar-refractivity contribution in [1.29, 1.82) is 0 Å². The van der Waals surface area contributed by atoms with Crippen molar-refractivity contribution in [2.75, 3.05) is 7.11 Å². The van der Waals surface area contributed by atoms with Crippen LogP contribution in [0.2, 0.25) is 0 Å². The first kappa shape index (κ1) is 18.2. The van der Waals surface area contributed by atoms with Gasteiger partial charge in [-0.1, -0.05) is 30.3 Å². The molecule has 1 heterocycles. The van der Waals surface area contributed by atoms with Crippen LogP contribution in [-0.2, 0) is 18.3 Å². The zero-order chi connectivity index (χ0) is 19.6. The number of fused-ring (bicyclic) bond motifs is 1. The summed E-state index contributed by atoms with van der Waals surface area (Å²) in [5.41, 5.74) is 0.426. The van der Waals surface area contributed by atoms with E-state index >= 15 is 0 Å². The van der Waals surface area contributed by atoms with E-state index in [1.54, 1.807) is 48.5 Å². The van der Waals surface area contributed by atoms with Crippen molar-refractivity contribution >= 4 is 22.8 Å². The van der Waals surface area contributed by atoms with E-state index in [-0.39, 0.29) is 17.9 Å². The number of hydrogen-bond donors (Lipinski definition) is 2. The van der Waals surface area contributed by atoms with Crippen molar-refractivity contribution in [1.82, 2.24) is 9.88 Å². The summed E-state index contributed by atoms with van der Waals surface area (Å²) in [7, 11) is 2.81. The summed E-state index contributed by atoms with van der Waals surface area (Å²) in [6, 6.07) is 13.4. The maximum Gasteiger partial charge on any atom is 0.338 e. The number of esters is 1. The molecule has 0 bridgehead atoms. The van der Waals surface area contributed by atoms with Crippen LogP contribution >= 0.6 is 0 Å². The average molecular weight is 366 g/mol. The molecule has 138 valence electrons. The number of ether oxygens (including phenoxy) is 1. The third kappa shape index (κ3) is 3.27. The molecule has 0 spiro atoms. The normalized spacial score (nSPS) is 10.6. The number of methoxy groups -OCH3 is 1. The van der Waals surface area contributed by atoms with E-state index in [9.17, 15) is 19.5 Å². The van der Waals surface area contributed by atoms with Crippen LogP contribution in [0.4, 0.5) is 0 Å². The third-order valence-electron chi connectivity index (χ3n) is 4.36. The number of pyridine rings is 1. The van der Waals surface area contributed by atoms with Crippen LogP contribution in [-0.4, -0.2) is 28.7 Å². The smallest absolute Gasteiger partial charge is 0.338 e. The maximum atomic E-state index is 12.6. The maximum absolute atomic E-state index is 12.6. The Morgan fingerprint density at radius 1 is 1.11 bits per heavy atom. The van der Waals surface area contributed by atoms with E-state index in [4.69, 9.17) is 4.74 Å². The summed E-state index contributed by atoms with van der Waals surface area (Å²) < 4.78 is 6.04. The van der Waals surface area contributed by atoms with Gasteiger partial charge in [-0.25, -0.2) is 4.79 Å². The van der Waals surface area contributed by atoms with Gasteiger partial charge in [-0.15, -0.1) is 0 Å². The molecule has 0 aliphatic rings. The van der Waals surface area contributed by atoms with Gasteiger partial charge in [-0.05, 0) is 23.8 Å². The van der Waals surface area contributed by atoms with Crippen molar-refractivity contribution in [3.05, 3.63) is 75.6 Å². The number of rotatable bonds is 4. The molecular formula is C20H18N2O5. The molecule has 7 heteroatoms. The summed E-state index contributed by atoms with van der Waals surface area (Å²) in [4.78, 5) is 37.0. The zero-order valence-corrected chi connectivity index (χ0v) is 14.9. The molecule has 0 saturated carbocycles. The lowest BCUT2D eigenvalue weighted by Gasteiger charge is -2.13. The number of nitrogens with zero attached hydrogens (tertiary/aromatic N) is 1. The highest BCUT2D eigenvalue weighted by Crippen LogP contribution is 2.25. The van der Waals surface area contributed by atoms with E-state index < -0.39 is 17.4 Å². The third-order valence-corrected chi connectivity index (χ3v) is 4.36. The molecule has 1 aromatic heterocycles. The topological polar surface area (TPSA) is 97.6 Å². The molecule has 0 aliphatic heterocycles. The monoisotopic (exact) mass is 366 g/mol. The van der Waals surface area contributed by atoms with Crippen LogP contribution in [0.25, 0.3) is 10.9 Å². The lowest BCUT2D eigenvalue weighted by Crippen LogP contribution is -2.32. The van der Waals surface area contributed by atoms with Crippen LogP contribution in [0, 0.1) is 0 Å². The summed E-state index contributed by atoms with van der Waals surface area (Å²) in [6.45, 7) is -0.000468. The average Bonchev–Trinajstić information content (AvgIpc) is 2.70. The molecule has 3 aromatic rings. The van der Waals surface area contributed by atoms with Crippen LogP contribution in [0.5, 0.6) is 5.75 Å². The molecule has 2 N–H and O–H groups in total. The fourth-order valence-electron chi connectivity index (χ4n) is 2.93. The van der Waals surface area contributed by atoms with Gasteiger partial charge in [0.1, 0.15) is 11.3 Å². The Balaban J connectivity index is 1.95. The Morgan fingerprint density at radius 3 is 2.52 bits per heavy atom. The first-order valence-electron chi connectivity index (χ1n) is 8.20. The highest BCUT2D eigenvalue weighted by atomic mass is 16.5. The predicted molar refractivity (Wildman–Crippen MR) is 99.8 cm³/mol. The van der Waals surface area contributed by atoms with Gasteiger partial charge in [-0.2, -0.15) is 0 Å². The minimum Gasteiger partial charge on any atom is -0.506 e. The van der Waals surface area contributed by atoms with Crippen LogP contribution in [0.3, 0.4) is 0 Å². The van der Waals surface area contributed by atoms with E-state index in [2.05, 4.69) is 5.32 Å². The van der Waals surface area contributed by atoms with Gasteiger partial charge in [0.25, 0.3) is 11.5 Å². The number of aromatic hydroxyl groups is 1. The molecule has 3 rings (SSSR count). The highest BCUT2D eigenvalue weighted by molar-refractivity contribution is 6.02. The van der Waals surface area contributed by atoms with Crippen molar-refractivity contribution in [2.24, 2.45) is 7.05 Å². The number of amides is 1. The molecule has 1 amide bonds. The molecule has 0 unspecified atom stereocenters. The van der Waals surface area contributed by atoms with Gasteiger partial charge < -0.3 is 19.7 Å². The summed E-state index contributed by atoms with van der Waals surface area (Å²) in [6.07, 6.45) is 0. The van der Waals surface area contributed by atoms with Gasteiger partial charge >= 0.3 is 5.97 Å². The lowest BCUT2D eigenvalue weighted by atomic mass is 10.1. The Kier molecular flexibility index (Phi) is 4.94. The molecule has 0 fully saturated rings. The second-order valence-electron chi connectivity index (χ2n) is 5.94. The van der Waals surface area contributed by atoms with Crippen molar-refractivity contribution in [3.8, 4) is 5.75 Å². The van der Waals surface area contributed by atoms with Crippen molar-refractivity contribution in [3.63, 3.8) is 0 Å². The molecule has 0 atom stereocenters. The number of carbonyl (C=O) groups excluding carboxylic acids is 2. The number of para-hydroxylation sites is 1. The molecule has 2 aromatic carbocycles. The molecule has 0 radical (unpaired) electrons. The fourth-order valence-corrected chi connectivity index (χ4v) is 2.93.